The molecule has 44 valence electrons. The Morgan fingerprint density at radius 3 is 2.38 bits per heavy atom. The Balaban J connectivity index is 2.70. The van der Waals surface area contributed by atoms with Crippen LogP contribution in [0.2, 0.25) is 0 Å². The van der Waals surface area contributed by atoms with Crippen molar-refractivity contribution in [2.75, 3.05) is 6.61 Å². The summed E-state index contributed by atoms with van der Waals surface area (Å²) in [7, 11) is 0. The van der Waals surface area contributed by atoms with Crippen molar-refractivity contribution in [3.63, 3.8) is 0 Å². The van der Waals surface area contributed by atoms with Crippen molar-refractivity contribution < 1.29 is 19.4 Å². The molecule has 4 nitrogen and oxygen atoms in total. The predicted octanol–water partition coefficient (Wildman–Crippen LogP) is -1.53. The van der Waals surface area contributed by atoms with Gasteiger partial charge in [0.15, 0.2) is 6.61 Å². The summed E-state index contributed by atoms with van der Waals surface area (Å²) in [5.74, 6) is -1.40. The van der Waals surface area contributed by atoms with Crippen LogP contribution in [0, 0.1) is 0 Å². The zero-order valence-corrected chi connectivity index (χ0v) is 3.96. The second-order valence-electron chi connectivity index (χ2n) is 1.48. The molecule has 8 heavy (non-hydrogen) atoms. The minimum absolute atomic E-state index is 0.278. The van der Waals surface area contributed by atoms with Gasteiger partial charge in [0.1, 0.15) is 0 Å². The lowest BCUT2D eigenvalue weighted by atomic mass is 10.3. The highest BCUT2D eigenvalue weighted by Crippen LogP contribution is 1.99. The minimum Gasteiger partial charge on any atom is -0.455 e. The van der Waals surface area contributed by atoms with Crippen molar-refractivity contribution >= 4 is 11.8 Å². The van der Waals surface area contributed by atoms with Crippen LogP contribution >= 0.6 is 0 Å². The standard InChI is InChI=1S/C4H4O4/c5-2-1-8-4(7)3(2)6/h3,6H,1H2. The van der Waals surface area contributed by atoms with Gasteiger partial charge in [-0.15, -0.1) is 0 Å². The zero-order chi connectivity index (χ0) is 6.15. The van der Waals surface area contributed by atoms with Gasteiger partial charge in [0.25, 0.3) is 0 Å². The van der Waals surface area contributed by atoms with E-state index in [2.05, 4.69) is 4.74 Å². The Morgan fingerprint density at radius 1 is 1.62 bits per heavy atom. The molecule has 1 rings (SSSR count). The van der Waals surface area contributed by atoms with Gasteiger partial charge >= 0.3 is 5.97 Å². The summed E-state index contributed by atoms with van der Waals surface area (Å²) in [6.45, 7) is -0.278. The van der Waals surface area contributed by atoms with Crippen LogP contribution in [0.4, 0.5) is 0 Å². The quantitative estimate of drug-likeness (QED) is 0.308. The fourth-order valence-electron chi connectivity index (χ4n) is 0.432. The number of rotatable bonds is 0. The van der Waals surface area contributed by atoms with Crippen LogP contribution in [0.5, 0.6) is 0 Å². The Labute approximate surface area is 45.1 Å². The summed E-state index contributed by atoms with van der Waals surface area (Å²) in [6.07, 6.45) is -1.52. The van der Waals surface area contributed by atoms with Gasteiger partial charge in [-0.3, -0.25) is 4.79 Å². The third-order valence-corrected chi connectivity index (χ3v) is 0.885. The number of hydrogen-bond donors (Lipinski definition) is 1. The third kappa shape index (κ3) is 0.586. The topological polar surface area (TPSA) is 63.6 Å². The van der Waals surface area contributed by atoms with Crippen molar-refractivity contribution in [2.45, 2.75) is 6.10 Å². The molecule has 0 aromatic heterocycles. The van der Waals surface area contributed by atoms with E-state index < -0.39 is 17.9 Å². The third-order valence-electron chi connectivity index (χ3n) is 0.885. The normalized spacial score (nSPS) is 28.4. The lowest BCUT2D eigenvalue weighted by molar-refractivity contribution is -0.145. The molecule has 1 heterocycles. The van der Waals surface area contributed by atoms with E-state index in [1.54, 1.807) is 0 Å². The molecule has 1 N–H and O–H groups in total. The largest absolute Gasteiger partial charge is 0.455 e. The molecule has 1 fully saturated rings. The molecule has 0 aromatic carbocycles. The molecular weight excluding hydrogens is 112 g/mol. The van der Waals surface area contributed by atoms with E-state index in [0.717, 1.165) is 0 Å². The maximum absolute atomic E-state index is 10.2. The van der Waals surface area contributed by atoms with Gasteiger partial charge in [0.05, 0.1) is 0 Å². The first-order valence-corrected chi connectivity index (χ1v) is 2.09. The molecule has 0 amide bonds. The molecule has 1 aliphatic heterocycles. The first-order valence-electron chi connectivity index (χ1n) is 2.09. The van der Waals surface area contributed by atoms with Crippen LogP contribution in [0.3, 0.4) is 0 Å². The van der Waals surface area contributed by atoms with Crippen LogP contribution < -0.4 is 0 Å². The van der Waals surface area contributed by atoms with Crippen molar-refractivity contribution in [1.82, 2.24) is 0 Å². The Kier molecular flexibility index (Phi) is 1.02. The number of carbonyl (C=O) groups is 2. The van der Waals surface area contributed by atoms with Crippen molar-refractivity contribution in [1.29, 1.82) is 0 Å². The second-order valence-corrected chi connectivity index (χ2v) is 1.48. The molecule has 1 saturated heterocycles. The Morgan fingerprint density at radius 2 is 2.25 bits per heavy atom. The molecule has 0 aliphatic carbocycles. The molecule has 1 atom stereocenters. The summed E-state index contributed by atoms with van der Waals surface area (Å²) in [6, 6.07) is 0. The number of ether oxygens (including phenoxy) is 1. The van der Waals surface area contributed by atoms with Gasteiger partial charge in [0.2, 0.25) is 11.9 Å². The van der Waals surface area contributed by atoms with Gasteiger partial charge in [0, 0.05) is 0 Å². The van der Waals surface area contributed by atoms with Crippen LogP contribution in [-0.2, 0) is 14.3 Å². The average Bonchev–Trinajstić information content (AvgIpc) is 1.98. The van der Waals surface area contributed by atoms with Crippen molar-refractivity contribution in [3.05, 3.63) is 0 Å². The first-order chi connectivity index (χ1) is 3.72. The van der Waals surface area contributed by atoms with Crippen LogP contribution in [0.25, 0.3) is 0 Å². The maximum Gasteiger partial charge on any atom is 0.343 e. The van der Waals surface area contributed by atoms with E-state index in [0.29, 0.717) is 0 Å². The molecular formula is C4H4O4. The molecule has 4 heteroatoms. The molecule has 0 aromatic rings. The van der Waals surface area contributed by atoms with E-state index in [1.165, 1.54) is 0 Å². The summed E-state index contributed by atoms with van der Waals surface area (Å²) in [4.78, 5) is 20.3. The van der Waals surface area contributed by atoms with Gasteiger partial charge in [-0.25, -0.2) is 4.79 Å². The Hall–Kier alpha value is -0.900. The van der Waals surface area contributed by atoms with Gasteiger partial charge in [-0.1, -0.05) is 0 Å². The maximum atomic E-state index is 10.2. The second kappa shape index (κ2) is 1.56. The molecule has 0 radical (unpaired) electrons. The number of Topliss-reactive ketones (excluding diaryl/α,β-unsaturated/α-hetero) is 1. The SMILES string of the molecule is O=C1COC(=O)C1O. The highest BCUT2D eigenvalue weighted by molar-refractivity contribution is 6.06. The number of hydrogen-bond acceptors (Lipinski definition) is 4. The number of ketones is 1. The summed E-state index contributed by atoms with van der Waals surface area (Å²) < 4.78 is 4.14. The summed E-state index contributed by atoms with van der Waals surface area (Å²) >= 11 is 0. The fourth-order valence-corrected chi connectivity index (χ4v) is 0.432. The number of aliphatic hydroxyl groups excluding tert-OH is 1. The van der Waals surface area contributed by atoms with E-state index >= 15 is 0 Å². The van der Waals surface area contributed by atoms with E-state index in [1.807, 2.05) is 0 Å². The highest BCUT2D eigenvalue weighted by Gasteiger charge is 2.32. The molecule has 1 unspecified atom stereocenters. The number of cyclic esters (lactones) is 1. The number of carbonyl (C=O) groups excluding carboxylic acids is 2. The molecule has 0 bridgehead atoms. The lowest BCUT2D eigenvalue weighted by Gasteiger charge is -1.87. The zero-order valence-electron chi connectivity index (χ0n) is 3.96. The van der Waals surface area contributed by atoms with Crippen molar-refractivity contribution in [3.8, 4) is 0 Å². The number of aliphatic hydroxyl groups is 1. The van der Waals surface area contributed by atoms with Crippen LogP contribution in [-0.4, -0.2) is 29.6 Å². The summed E-state index contributed by atoms with van der Waals surface area (Å²) in [5.41, 5.74) is 0. The van der Waals surface area contributed by atoms with Crippen molar-refractivity contribution in [2.24, 2.45) is 0 Å². The number of esters is 1. The lowest BCUT2D eigenvalue weighted by Crippen LogP contribution is -2.20. The highest BCUT2D eigenvalue weighted by atomic mass is 16.6. The Bertz CT molecular complexity index is 123. The molecule has 0 spiro atoms. The fraction of sp³-hybridized carbons (Fsp3) is 0.500. The van der Waals surface area contributed by atoms with Gasteiger partial charge < -0.3 is 9.84 Å². The van der Waals surface area contributed by atoms with E-state index in [-0.39, 0.29) is 6.61 Å². The predicted molar refractivity (Wildman–Crippen MR) is 22.0 cm³/mol. The molecule has 1 aliphatic rings. The smallest absolute Gasteiger partial charge is 0.343 e. The van der Waals surface area contributed by atoms with E-state index in [9.17, 15) is 9.59 Å². The minimum atomic E-state index is -1.52. The van der Waals surface area contributed by atoms with Gasteiger partial charge in [-0.2, -0.15) is 0 Å². The van der Waals surface area contributed by atoms with Crippen LogP contribution in [0.1, 0.15) is 0 Å². The van der Waals surface area contributed by atoms with Gasteiger partial charge in [-0.05, 0) is 0 Å². The molecule has 0 saturated carbocycles. The average molecular weight is 116 g/mol. The first kappa shape index (κ1) is 5.24. The van der Waals surface area contributed by atoms with E-state index in [4.69, 9.17) is 5.11 Å². The van der Waals surface area contributed by atoms with Crippen LogP contribution in [0.15, 0.2) is 0 Å². The monoisotopic (exact) mass is 116 g/mol. The summed E-state index contributed by atoms with van der Waals surface area (Å²) in [5, 5.41) is 8.44.